The minimum atomic E-state index is 0.123. The topological polar surface area (TPSA) is 46.1 Å². The molecule has 1 fully saturated rings. The van der Waals surface area contributed by atoms with Crippen molar-refractivity contribution < 1.29 is 4.79 Å². The molecule has 23 heavy (non-hydrogen) atoms. The van der Waals surface area contributed by atoms with Gasteiger partial charge in [0.25, 0.3) is 5.91 Å². The zero-order chi connectivity index (χ0) is 15.8. The molecule has 4 nitrogen and oxygen atoms in total. The third-order valence-electron chi connectivity index (χ3n) is 4.27. The molecule has 0 bridgehead atoms. The molecule has 0 atom stereocenters. The van der Waals surface area contributed by atoms with Gasteiger partial charge in [-0.2, -0.15) is 0 Å². The molecule has 3 heterocycles. The van der Waals surface area contributed by atoms with Crippen molar-refractivity contribution >= 4 is 38.8 Å². The highest BCUT2D eigenvalue weighted by Crippen LogP contribution is 2.34. The lowest BCUT2D eigenvalue weighted by Crippen LogP contribution is -2.37. The maximum absolute atomic E-state index is 12.5. The summed E-state index contributed by atoms with van der Waals surface area (Å²) in [5, 5.41) is 2.16. The lowest BCUT2D eigenvalue weighted by molar-refractivity contribution is 0.0717. The molecule has 1 amide bonds. The zero-order valence-electron chi connectivity index (χ0n) is 12.9. The summed E-state index contributed by atoms with van der Waals surface area (Å²) in [6.07, 6.45) is 3.68. The number of aryl methyl sites for hydroxylation is 1. The standard InChI is InChI=1S/C17H17N3OS2/c1-11-18-10-15(22-11)17(21)20-8-6-12(7-9-20)16-19-13-4-2-3-5-14(13)23-16/h2-5,10,12H,6-9H2,1H3. The SMILES string of the molecule is Cc1ncc(C(=O)N2CCC(c3nc4ccccc4s3)CC2)s1. The molecule has 1 aliphatic rings. The lowest BCUT2D eigenvalue weighted by Gasteiger charge is -2.30. The van der Waals surface area contributed by atoms with Crippen molar-refractivity contribution in [1.29, 1.82) is 0 Å². The first-order chi connectivity index (χ1) is 11.2. The van der Waals surface area contributed by atoms with Crippen molar-refractivity contribution in [1.82, 2.24) is 14.9 Å². The molecule has 0 saturated carbocycles. The van der Waals surface area contributed by atoms with Crippen LogP contribution in [0.15, 0.2) is 30.5 Å². The van der Waals surface area contributed by atoms with Gasteiger partial charge in [0.15, 0.2) is 0 Å². The third-order valence-corrected chi connectivity index (χ3v) is 6.37. The van der Waals surface area contributed by atoms with Gasteiger partial charge in [-0.05, 0) is 31.9 Å². The van der Waals surface area contributed by atoms with E-state index in [0.29, 0.717) is 5.92 Å². The summed E-state index contributed by atoms with van der Waals surface area (Å²) in [5.74, 6) is 0.595. The van der Waals surface area contributed by atoms with E-state index >= 15 is 0 Å². The van der Waals surface area contributed by atoms with Crippen LogP contribution in [0.3, 0.4) is 0 Å². The summed E-state index contributed by atoms with van der Waals surface area (Å²) in [5.41, 5.74) is 1.09. The molecule has 1 aromatic carbocycles. The van der Waals surface area contributed by atoms with Crippen molar-refractivity contribution in [3.63, 3.8) is 0 Å². The van der Waals surface area contributed by atoms with E-state index in [2.05, 4.69) is 23.2 Å². The van der Waals surface area contributed by atoms with E-state index in [-0.39, 0.29) is 5.91 Å². The molecular weight excluding hydrogens is 326 g/mol. The van der Waals surface area contributed by atoms with E-state index < -0.39 is 0 Å². The number of fused-ring (bicyclic) bond motifs is 1. The van der Waals surface area contributed by atoms with Crippen LogP contribution in [0.25, 0.3) is 10.2 Å². The van der Waals surface area contributed by atoms with Gasteiger partial charge in [0.1, 0.15) is 4.88 Å². The Hall–Kier alpha value is -1.79. The van der Waals surface area contributed by atoms with Crippen LogP contribution in [0.1, 0.15) is 38.4 Å². The fraction of sp³-hybridized carbons (Fsp3) is 0.353. The van der Waals surface area contributed by atoms with Crippen LogP contribution in [0.2, 0.25) is 0 Å². The first kappa shape index (κ1) is 14.8. The number of hydrogen-bond acceptors (Lipinski definition) is 5. The molecule has 2 aromatic heterocycles. The van der Waals surface area contributed by atoms with E-state index in [1.807, 2.05) is 17.9 Å². The van der Waals surface area contributed by atoms with E-state index in [1.54, 1.807) is 17.5 Å². The molecule has 0 N–H and O–H groups in total. The Bertz CT molecular complexity index is 813. The zero-order valence-corrected chi connectivity index (χ0v) is 14.5. The second-order valence-corrected chi connectivity index (χ2v) is 8.13. The number of para-hydroxylation sites is 1. The Labute approximate surface area is 142 Å². The molecule has 1 saturated heterocycles. The second-order valence-electron chi connectivity index (χ2n) is 5.83. The number of aromatic nitrogens is 2. The highest BCUT2D eigenvalue weighted by Gasteiger charge is 2.27. The van der Waals surface area contributed by atoms with Crippen molar-refractivity contribution in [2.75, 3.05) is 13.1 Å². The van der Waals surface area contributed by atoms with Crippen molar-refractivity contribution in [3.8, 4) is 0 Å². The fourth-order valence-corrected chi connectivity index (χ4v) is 4.89. The van der Waals surface area contributed by atoms with Gasteiger partial charge in [-0.3, -0.25) is 4.79 Å². The number of likely N-dealkylation sites (tertiary alicyclic amines) is 1. The van der Waals surface area contributed by atoms with Crippen LogP contribution in [-0.2, 0) is 0 Å². The predicted molar refractivity (Wildman–Crippen MR) is 94.3 cm³/mol. The number of amides is 1. The second kappa shape index (κ2) is 6.02. The van der Waals surface area contributed by atoms with Gasteiger partial charge >= 0.3 is 0 Å². The smallest absolute Gasteiger partial charge is 0.265 e. The highest BCUT2D eigenvalue weighted by atomic mass is 32.1. The monoisotopic (exact) mass is 343 g/mol. The Morgan fingerprint density at radius 2 is 2.00 bits per heavy atom. The van der Waals surface area contributed by atoms with Crippen LogP contribution in [-0.4, -0.2) is 33.9 Å². The Kier molecular flexibility index (Phi) is 3.87. The number of rotatable bonds is 2. The molecule has 0 spiro atoms. The van der Waals surface area contributed by atoms with Crippen LogP contribution in [0.5, 0.6) is 0 Å². The van der Waals surface area contributed by atoms with Crippen molar-refractivity contribution in [2.45, 2.75) is 25.7 Å². The van der Waals surface area contributed by atoms with Crippen LogP contribution in [0.4, 0.5) is 0 Å². The number of carbonyl (C=O) groups is 1. The van der Waals surface area contributed by atoms with Gasteiger partial charge in [0.05, 0.1) is 26.4 Å². The lowest BCUT2D eigenvalue weighted by atomic mass is 9.97. The minimum absolute atomic E-state index is 0.123. The predicted octanol–water partition coefficient (Wildman–Crippen LogP) is 4.08. The number of benzene rings is 1. The van der Waals surface area contributed by atoms with E-state index in [4.69, 9.17) is 4.98 Å². The van der Waals surface area contributed by atoms with Gasteiger partial charge in [-0.15, -0.1) is 22.7 Å². The minimum Gasteiger partial charge on any atom is -0.338 e. The summed E-state index contributed by atoms with van der Waals surface area (Å²) in [7, 11) is 0. The summed E-state index contributed by atoms with van der Waals surface area (Å²) < 4.78 is 1.25. The third kappa shape index (κ3) is 2.88. The van der Waals surface area contributed by atoms with Crippen molar-refractivity contribution in [3.05, 3.63) is 45.4 Å². The number of nitrogens with zero attached hydrogens (tertiary/aromatic N) is 3. The average Bonchev–Trinajstić information content (AvgIpc) is 3.20. The quantitative estimate of drug-likeness (QED) is 0.704. The Morgan fingerprint density at radius 3 is 2.70 bits per heavy atom. The highest BCUT2D eigenvalue weighted by molar-refractivity contribution is 7.18. The van der Waals surface area contributed by atoms with E-state index in [0.717, 1.165) is 41.3 Å². The summed E-state index contributed by atoms with van der Waals surface area (Å²) in [6, 6.07) is 8.29. The van der Waals surface area contributed by atoms with Gasteiger partial charge in [-0.1, -0.05) is 12.1 Å². The maximum Gasteiger partial charge on any atom is 0.265 e. The number of carbonyl (C=O) groups excluding carboxylic acids is 1. The fourth-order valence-electron chi connectivity index (χ4n) is 3.01. The number of hydrogen-bond donors (Lipinski definition) is 0. The van der Waals surface area contributed by atoms with Crippen LogP contribution < -0.4 is 0 Å². The molecule has 0 radical (unpaired) electrons. The van der Waals surface area contributed by atoms with E-state index in [1.165, 1.54) is 21.0 Å². The molecule has 4 rings (SSSR count). The summed E-state index contributed by atoms with van der Waals surface area (Å²) in [4.78, 5) is 24.1. The molecule has 118 valence electrons. The molecule has 6 heteroatoms. The molecule has 3 aromatic rings. The van der Waals surface area contributed by atoms with Gasteiger partial charge in [-0.25, -0.2) is 9.97 Å². The average molecular weight is 343 g/mol. The first-order valence-corrected chi connectivity index (χ1v) is 9.41. The summed E-state index contributed by atoms with van der Waals surface area (Å²) in [6.45, 7) is 3.54. The first-order valence-electron chi connectivity index (χ1n) is 7.78. The Balaban J connectivity index is 1.45. The number of thiazole rings is 2. The van der Waals surface area contributed by atoms with Gasteiger partial charge < -0.3 is 4.90 Å². The normalized spacial score (nSPS) is 16.1. The van der Waals surface area contributed by atoms with Crippen LogP contribution in [0, 0.1) is 6.92 Å². The molecule has 1 aliphatic heterocycles. The molecule has 0 unspecified atom stereocenters. The van der Waals surface area contributed by atoms with Crippen LogP contribution >= 0.6 is 22.7 Å². The van der Waals surface area contributed by atoms with E-state index in [9.17, 15) is 4.79 Å². The van der Waals surface area contributed by atoms with Crippen molar-refractivity contribution in [2.24, 2.45) is 0 Å². The Morgan fingerprint density at radius 1 is 1.22 bits per heavy atom. The summed E-state index contributed by atoms with van der Waals surface area (Å²) >= 11 is 3.27. The number of piperidine rings is 1. The maximum atomic E-state index is 12.5. The van der Waals surface area contributed by atoms with Gasteiger partial charge in [0.2, 0.25) is 0 Å². The van der Waals surface area contributed by atoms with Gasteiger partial charge in [0, 0.05) is 19.0 Å². The molecular formula is C17H17N3OS2. The largest absolute Gasteiger partial charge is 0.338 e. The molecule has 0 aliphatic carbocycles.